The van der Waals surface area contributed by atoms with Gasteiger partial charge in [0.1, 0.15) is 11.4 Å². The van der Waals surface area contributed by atoms with Gasteiger partial charge in [0.2, 0.25) is 0 Å². The molecule has 0 spiro atoms. The summed E-state index contributed by atoms with van der Waals surface area (Å²) >= 11 is 3.39. The van der Waals surface area contributed by atoms with Crippen molar-refractivity contribution in [1.29, 1.82) is 0 Å². The first-order chi connectivity index (χ1) is 13.4. The average Bonchev–Trinajstić information content (AvgIpc) is 3.10. The minimum Gasteiger partial charge on any atom is -0.450 e. The van der Waals surface area contributed by atoms with Crippen LogP contribution in [0.1, 0.15) is 37.2 Å². The van der Waals surface area contributed by atoms with Crippen LogP contribution in [0, 0.1) is 0 Å². The van der Waals surface area contributed by atoms with Gasteiger partial charge in [-0.3, -0.25) is 24.0 Å². The molecular formula is C19H21BrN4O4. The highest BCUT2D eigenvalue weighted by atomic mass is 79.9. The number of carbonyl (C=O) groups is 1. The normalized spacial score (nSPS) is 11.1. The van der Waals surface area contributed by atoms with Gasteiger partial charge in [-0.05, 0) is 41.4 Å². The van der Waals surface area contributed by atoms with E-state index in [1.807, 2.05) is 25.1 Å². The van der Waals surface area contributed by atoms with E-state index in [1.54, 1.807) is 13.0 Å². The summed E-state index contributed by atoms with van der Waals surface area (Å²) in [5.41, 5.74) is 5.32. The fourth-order valence-corrected chi connectivity index (χ4v) is 3.51. The van der Waals surface area contributed by atoms with Gasteiger partial charge in [0, 0.05) is 18.5 Å². The molecule has 0 aliphatic rings. The number of rotatable bonds is 6. The quantitative estimate of drug-likeness (QED) is 0.600. The van der Waals surface area contributed by atoms with Gasteiger partial charge in [-0.1, -0.05) is 25.5 Å². The Hall–Kier alpha value is -2.81. The van der Waals surface area contributed by atoms with Crippen LogP contribution in [0.2, 0.25) is 0 Å². The molecule has 0 aliphatic carbocycles. The van der Waals surface area contributed by atoms with Gasteiger partial charge in [0.15, 0.2) is 11.4 Å². The Kier molecular flexibility index (Phi) is 5.73. The lowest BCUT2D eigenvalue weighted by atomic mass is 10.2. The van der Waals surface area contributed by atoms with E-state index in [-0.39, 0.29) is 23.8 Å². The van der Waals surface area contributed by atoms with Crippen molar-refractivity contribution in [2.45, 2.75) is 33.2 Å². The highest BCUT2D eigenvalue weighted by Gasteiger charge is 2.26. The molecule has 9 heteroatoms. The molecule has 2 heterocycles. The minimum absolute atomic E-state index is 0.0327. The van der Waals surface area contributed by atoms with Gasteiger partial charge in [-0.15, -0.1) is 0 Å². The summed E-state index contributed by atoms with van der Waals surface area (Å²) in [7, 11) is 0. The Morgan fingerprint density at radius 1 is 1.32 bits per heavy atom. The van der Waals surface area contributed by atoms with Crippen molar-refractivity contribution in [2.24, 2.45) is 0 Å². The first kappa shape index (κ1) is 19.9. The first-order valence-corrected chi connectivity index (χ1v) is 9.80. The number of hydrogen-bond acceptors (Lipinski definition) is 5. The molecule has 3 aromatic rings. The number of aromatic amines is 1. The van der Waals surface area contributed by atoms with Crippen LogP contribution in [0.4, 0.5) is 11.5 Å². The SMILES string of the molecule is CCCCn1c(N)c(N(CC)C(=O)c2cc3cccc(Br)c3o2)c(=O)[nH]c1=O. The first-order valence-electron chi connectivity index (χ1n) is 9.01. The van der Waals surface area contributed by atoms with Crippen LogP contribution < -0.4 is 21.9 Å². The molecule has 0 saturated carbocycles. The Morgan fingerprint density at radius 3 is 2.71 bits per heavy atom. The Labute approximate surface area is 169 Å². The standard InChI is InChI=1S/C19H21BrN4O4/c1-3-5-9-24-16(21)14(17(25)22-19(24)27)23(4-2)18(26)13-10-11-7-6-8-12(20)15(11)28-13/h6-8,10H,3-5,9,21H2,1-2H3,(H,22,25,27). The number of nitrogen functional groups attached to an aromatic ring is 1. The Bertz CT molecular complexity index is 1150. The summed E-state index contributed by atoms with van der Waals surface area (Å²) in [5.74, 6) is -0.466. The molecule has 0 aliphatic heterocycles. The molecule has 2 aromatic heterocycles. The van der Waals surface area contributed by atoms with Crippen LogP contribution in [0.25, 0.3) is 11.0 Å². The van der Waals surface area contributed by atoms with Crippen LogP contribution in [0.3, 0.4) is 0 Å². The maximum atomic E-state index is 13.1. The zero-order chi connectivity index (χ0) is 20.4. The van der Waals surface area contributed by atoms with Gasteiger partial charge in [0.05, 0.1) is 4.47 Å². The summed E-state index contributed by atoms with van der Waals surface area (Å²) in [6.45, 7) is 4.23. The maximum absolute atomic E-state index is 13.1. The number of nitrogens with one attached hydrogen (secondary N) is 1. The smallest absolute Gasteiger partial charge is 0.330 e. The number of nitrogens with zero attached hydrogens (tertiary/aromatic N) is 2. The molecule has 28 heavy (non-hydrogen) atoms. The van der Waals surface area contributed by atoms with Crippen molar-refractivity contribution in [2.75, 3.05) is 17.2 Å². The minimum atomic E-state index is -0.706. The summed E-state index contributed by atoms with van der Waals surface area (Å²) < 4.78 is 7.71. The number of halogens is 1. The number of anilines is 2. The van der Waals surface area contributed by atoms with Crippen molar-refractivity contribution in [3.05, 3.63) is 55.3 Å². The van der Waals surface area contributed by atoms with E-state index in [0.29, 0.717) is 18.5 Å². The molecule has 1 amide bonds. The number of carbonyl (C=O) groups excluding carboxylic acids is 1. The van der Waals surface area contributed by atoms with Gasteiger partial charge in [-0.25, -0.2) is 4.79 Å². The summed E-state index contributed by atoms with van der Waals surface area (Å²) in [6.07, 6.45) is 1.57. The molecule has 148 valence electrons. The van der Waals surface area contributed by atoms with Gasteiger partial charge in [0.25, 0.3) is 11.5 Å². The highest BCUT2D eigenvalue weighted by Crippen LogP contribution is 2.28. The van der Waals surface area contributed by atoms with Crippen LogP contribution in [0.15, 0.2) is 42.7 Å². The molecular weight excluding hydrogens is 428 g/mol. The lowest BCUT2D eigenvalue weighted by Crippen LogP contribution is -2.41. The fraction of sp³-hybridized carbons (Fsp3) is 0.316. The molecule has 1 aromatic carbocycles. The lowest BCUT2D eigenvalue weighted by molar-refractivity contribution is 0.0963. The number of benzene rings is 1. The molecule has 0 saturated heterocycles. The fourth-order valence-electron chi connectivity index (χ4n) is 3.05. The largest absolute Gasteiger partial charge is 0.450 e. The second kappa shape index (κ2) is 8.05. The van der Waals surface area contributed by atoms with Crippen molar-refractivity contribution < 1.29 is 9.21 Å². The molecule has 0 radical (unpaired) electrons. The van der Waals surface area contributed by atoms with E-state index < -0.39 is 17.2 Å². The van der Waals surface area contributed by atoms with Crippen LogP contribution >= 0.6 is 15.9 Å². The van der Waals surface area contributed by atoms with Crippen molar-refractivity contribution >= 4 is 44.3 Å². The molecule has 0 unspecified atom stereocenters. The number of furan rings is 1. The van der Waals surface area contributed by atoms with E-state index in [4.69, 9.17) is 10.2 Å². The van der Waals surface area contributed by atoms with Crippen LogP contribution in [0.5, 0.6) is 0 Å². The van der Waals surface area contributed by atoms with Gasteiger partial charge >= 0.3 is 5.69 Å². The van der Waals surface area contributed by atoms with Crippen molar-refractivity contribution in [3.63, 3.8) is 0 Å². The topological polar surface area (TPSA) is 114 Å². The molecule has 3 N–H and O–H groups in total. The molecule has 0 atom stereocenters. The van der Waals surface area contributed by atoms with Crippen molar-refractivity contribution in [3.8, 4) is 0 Å². The van der Waals surface area contributed by atoms with Crippen LogP contribution in [-0.2, 0) is 6.54 Å². The Balaban J connectivity index is 2.09. The monoisotopic (exact) mass is 448 g/mol. The molecule has 0 fully saturated rings. The number of aromatic nitrogens is 2. The second-order valence-electron chi connectivity index (χ2n) is 6.32. The number of fused-ring (bicyclic) bond motifs is 1. The maximum Gasteiger partial charge on any atom is 0.330 e. The van der Waals surface area contributed by atoms with Crippen molar-refractivity contribution in [1.82, 2.24) is 9.55 Å². The predicted octanol–water partition coefficient (Wildman–Crippen LogP) is 3.09. The Morgan fingerprint density at radius 2 is 2.07 bits per heavy atom. The van der Waals surface area contributed by atoms with Gasteiger partial charge in [-0.2, -0.15) is 0 Å². The van der Waals surface area contributed by atoms with E-state index in [2.05, 4.69) is 20.9 Å². The highest BCUT2D eigenvalue weighted by molar-refractivity contribution is 9.10. The predicted molar refractivity (Wildman–Crippen MR) is 112 cm³/mol. The third-order valence-electron chi connectivity index (χ3n) is 4.49. The zero-order valence-electron chi connectivity index (χ0n) is 15.6. The number of hydrogen-bond donors (Lipinski definition) is 2. The molecule has 8 nitrogen and oxygen atoms in total. The number of para-hydroxylation sites is 1. The summed E-state index contributed by atoms with van der Waals surface area (Å²) in [4.78, 5) is 41.2. The van der Waals surface area contributed by atoms with E-state index in [9.17, 15) is 14.4 Å². The molecule has 3 rings (SSSR count). The van der Waals surface area contributed by atoms with Gasteiger partial charge < -0.3 is 10.2 Å². The third-order valence-corrected chi connectivity index (χ3v) is 5.11. The summed E-state index contributed by atoms with van der Waals surface area (Å²) in [6, 6.07) is 7.08. The number of H-pyrrole nitrogens is 1. The number of nitrogens with two attached hydrogens (primary N) is 1. The van der Waals surface area contributed by atoms with E-state index >= 15 is 0 Å². The second-order valence-corrected chi connectivity index (χ2v) is 7.17. The molecule has 0 bridgehead atoms. The number of unbranched alkanes of at least 4 members (excludes halogenated alkanes) is 1. The average molecular weight is 449 g/mol. The van der Waals surface area contributed by atoms with E-state index in [1.165, 1.54) is 9.47 Å². The lowest BCUT2D eigenvalue weighted by Gasteiger charge is -2.22. The number of amides is 1. The van der Waals surface area contributed by atoms with E-state index in [0.717, 1.165) is 16.3 Å². The zero-order valence-corrected chi connectivity index (χ0v) is 17.2. The van der Waals surface area contributed by atoms with Crippen LogP contribution in [-0.4, -0.2) is 22.0 Å². The third kappa shape index (κ3) is 3.49. The summed E-state index contributed by atoms with van der Waals surface area (Å²) in [5, 5.41) is 0.753.